The van der Waals surface area contributed by atoms with Crippen LogP contribution in [0.15, 0.2) is 0 Å². The molecule has 4 heteroatoms. The van der Waals surface area contributed by atoms with Crippen molar-refractivity contribution >= 4 is 5.91 Å². The number of nitrogens with two attached hydrogens (primary N) is 1. The van der Waals surface area contributed by atoms with Crippen LogP contribution in [0.3, 0.4) is 0 Å². The fourth-order valence-corrected chi connectivity index (χ4v) is 1.87. The van der Waals surface area contributed by atoms with Gasteiger partial charge in [0.15, 0.2) is 0 Å². The van der Waals surface area contributed by atoms with E-state index in [2.05, 4.69) is 6.92 Å². The van der Waals surface area contributed by atoms with Crippen molar-refractivity contribution in [1.82, 2.24) is 4.90 Å². The van der Waals surface area contributed by atoms with Crippen LogP contribution in [0.4, 0.5) is 0 Å². The van der Waals surface area contributed by atoms with Gasteiger partial charge in [-0.05, 0) is 20.3 Å². The minimum atomic E-state index is 0.241. The van der Waals surface area contributed by atoms with Crippen molar-refractivity contribution in [2.24, 2.45) is 5.73 Å². The van der Waals surface area contributed by atoms with Crippen molar-refractivity contribution < 1.29 is 9.53 Å². The molecule has 0 saturated carbocycles. The van der Waals surface area contributed by atoms with Gasteiger partial charge in [-0.1, -0.05) is 26.2 Å². The molecule has 0 aromatic carbocycles. The number of nitrogens with zero attached hydrogens (tertiary/aromatic N) is 1. The summed E-state index contributed by atoms with van der Waals surface area (Å²) < 4.78 is 5.34. The molecular formula is C14H30N2O2. The van der Waals surface area contributed by atoms with E-state index in [1.54, 1.807) is 0 Å². The van der Waals surface area contributed by atoms with Gasteiger partial charge in [0.1, 0.15) is 0 Å². The van der Waals surface area contributed by atoms with Gasteiger partial charge in [-0.15, -0.1) is 0 Å². The second-order valence-electron chi connectivity index (χ2n) is 4.89. The second kappa shape index (κ2) is 11.5. The molecule has 0 heterocycles. The molecule has 0 saturated heterocycles. The number of unbranched alkanes of at least 4 members (excludes halogenated alkanes) is 3. The van der Waals surface area contributed by atoms with E-state index < -0.39 is 0 Å². The standard InChI is InChI=1S/C14H30N2O2/c1-4-5-6-7-8-14(17)16(13(2)3)10-12-18-11-9-15/h13H,4-12,15H2,1-3H3. The highest BCUT2D eigenvalue weighted by Crippen LogP contribution is 2.07. The zero-order valence-corrected chi connectivity index (χ0v) is 12.3. The van der Waals surface area contributed by atoms with E-state index in [4.69, 9.17) is 10.5 Å². The van der Waals surface area contributed by atoms with Crippen molar-refractivity contribution in [2.75, 3.05) is 26.3 Å². The molecule has 0 aliphatic heterocycles. The average Bonchev–Trinajstić information content (AvgIpc) is 2.34. The summed E-state index contributed by atoms with van der Waals surface area (Å²) in [5.74, 6) is 0.248. The van der Waals surface area contributed by atoms with Gasteiger partial charge in [0.05, 0.1) is 13.2 Å². The SMILES string of the molecule is CCCCCCC(=O)N(CCOCCN)C(C)C. The predicted molar refractivity (Wildman–Crippen MR) is 75.5 cm³/mol. The van der Waals surface area contributed by atoms with Crippen LogP contribution in [0.1, 0.15) is 52.9 Å². The number of hydrogen-bond acceptors (Lipinski definition) is 3. The van der Waals surface area contributed by atoms with Crippen molar-refractivity contribution in [3.63, 3.8) is 0 Å². The van der Waals surface area contributed by atoms with Gasteiger partial charge in [0, 0.05) is 25.6 Å². The van der Waals surface area contributed by atoms with E-state index in [0.29, 0.717) is 32.7 Å². The third-order valence-electron chi connectivity index (χ3n) is 2.93. The summed E-state index contributed by atoms with van der Waals surface area (Å²) in [6.45, 7) is 8.63. The van der Waals surface area contributed by atoms with Crippen molar-refractivity contribution in [3.8, 4) is 0 Å². The molecule has 0 spiro atoms. The van der Waals surface area contributed by atoms with Crippen LogP contribution in [0.2, 0.25) is 0 Å². The Hall–Kier alpha value is -0.610. The summed E-state index contributed by atoms with van der Waals surface area (Å²) in [5, 5.41) is 0. The molecule has 0 unspecified atom stereocenters. The lowest BCUT2D eigenvalue weighted by Crippen LogP contribution is -2.39. The molecule has 1 amide bonds. The topological polar surface area (TPSA) is 55.6 Å². The molecule has 0 bridgehead atoms. The summed E-state index contributed by atoms with van der Waals surface area (Å²) >= 11 is 0. The van der Waals surface area contributed by atoms with Gasteiger partial charge in [-0.25, -0.2) is 0 Å². The fourth-order valence-electron chi connectivity index (χ4n) is 1.87. The number of ether oxygens (including phenoxy) is 1. The van der Waals surface area contributed by atoms with Crippen LogP contribution in [0.25, 0.3) is 0 Å². The maximum Gasteiger partial charge on any atom is 0.222 e. The summed E-state index contributed by atoms with van der Waals surface area (Å²) in [6.07, 6.45) is 5.23. The third-order valence-corrected chi connectivity index (χ3v) is 2.93. The number of hydrogen-bond donors (Lipinski definition) is 1. The molecule has 0 radical (unpaired) electrons. The highest BCUT2D eigenvalue weighted by Gasteiger charge is 2.15. The lowest BCUT2D eigenvalue weighted by Gasteiger charge is -2.26. The molecule has 0 rings (SSSR count). The molecule has 0 atom stereocenters. The number of carbonyl (C=O) groups excluding carboxylic acids is 1. The maximum atomic E-state index is 12.1. The van der Waals surface area contributed by atoms with Crippen LogP contribution in [0, 0.1) is 0 Å². The normalized spacial score (nSPS) is 10.9. The lowest BCUT2D eigenvalue weighted by molar-refractivity contribution is -0.133. The Kier molecular flexibility index (Phi) is 11.1. The minimum Gasteiger partial charge on any atom is -0.378 e. The van der Waals surface area contributed by atoms with E-state index >= 15 is 0 Å². The average molecular weight is 258 g/mol. The summed E-state index contributed by atoms with van der Waals surface area (Å²) in [6, 6.07) is 0.241. The van der Waals surface area contributed by atoms with Crippen LogP contribution in [-0.4, -0.2) is 43.2 Å². The molecule has 4 nitrogen and oxygen atoms in total. The number of amides is 1. The first-order valence-electron chi connectivity index (χ1n) is 7.20. The monoisotopic (exact) mass is 258 g/mol. The third kappa shape index (κ3) is 8.48. The highest BCUT2D eigenvalue weighted by molar-refractivity contribution is 5.76. The first kappa shape index (κ1) is 17.4. The van der Waals surface area contributed by atoms with Crippen LogP contribution in [0.5, 0.6) is 0 Å². The summed E-state index contributed by atoms with van der Waals surface area (Å²) in [5.41, 5.74) is 5.35. The molecule has 0 aromatic rings. The Morgan fingerprint density at radius 1 is 1.22 bits per heavy atom. The van der Waals surface area contributed by atoms with Gasteiger partial charge in [-0.3, -0.25) is 4.79 Å². The zero-order valence-electron chi connectivity index (χ0n) is 12.3. The van der Waals surface area contributed by atoms with E-state index in [1.807, 2.05) is 18.7 Å². The number of carbonyl (C=O) groups is 1. The molecule has 18 heavy (non-hydrogen) atoms. The van der Waals surface area contributed by atoms with Crippen molar-refractivity contribution in [2.45, 2.75) is 58.9 Å². The smallest absolute Gasteiger partial charge is 0.222 e. The summed E-state index contributed by atoms with van der Waals surface area (Å²) in [4.78, 5) is 14.0. The maximum absolute atomic E-state index is 12.1. The molecule has 108 valence electrons. The van der Waals surface area contributed by atoms with Crippen LogP contribution >= 0.6 is 0 Å². The fraction of sp³-hybridized carbons (Fsp3) is 0.929. The van der Waals surface area contributed by atoms with Crippen molar-refractivity contribution in [3.05, 3.63) is 0 Å². The Bertz CT molecular complexity index is 208. The second-order valence-corrected chi connectivity index (χ2v) is 4.89. The molecule has 0 fully saturated rings. The summed E-state index contributed by atoms with van der Waals surface area (Å²) in [7, 11) is 0. The van der Waals surface area contributed by atoms with Crippen molar-refractivity contribution in [1.29, 1.82) is 0 Å². The first-order chi connectivity index (χ1) is 8.63. The molecule has 2 N–H and O–H groups in total. The molecule has 0 aliphatic rings. The predicted octanol–water partition coefficient (Wildman–Crippen LogP) is 2.17. The highest BCUT2D eigenvalue weighted by atomic mass is 16.5. The Labute approximate surface area is 112 Å². The van der Waals surface area contributed by atoms with E-state index in [1.165, 1.54) is 12.8 Å². The van der Waals surface area contributed by atoms with Crippen LogP contribution < -0.4 is 5.73 Å². The van der Waals surface area contributed by atoms with E-state index in [9.17, 15) is 4.79 Å². The molecule has 0 aromatic heterocycles. The quantitative estimate of drug-likeness (QED) is 0.578. The minimum absolute atomic E-state index is 0.241. The largest absolute Gasteiger partial charge is 0.378 e. The first-order valence-corrected chi connectivity index (χ1v) is 7.20. The Morgan fingerprint density at radius 2 is 1.94 bits per heavy atom. The number of rotatable bonds is 11. The molecule has 0 aliphatic carbocycles. The van der Waals surface area contributed by atoms with Gasteiger partial charge < -0.3 is 15.4 Å². The van der Waals surface area contributed by atoms with Crippen LogP contribution in [-0.2, 0) is 9.53 Å². The zero-order chi connectivity index (χ0) is 13.8. The van der Waals surface area contributed by atoms with Gasteiger partial charge in [0.2, 0.25) is 5.91 Å². The van der Waals surface area contributed by atoms with Gasteiger partial charge in [-0.2, -0.15) is 0 Å². The lowest BCUT2D eigenvalue weighted by atomic mass is 10.1. The Balaban J connectivity index is 3.88. The Morgan fingerprint density at radius 3 is 2.50 bits per heavy atom. The van der Waals surface area contributed by atoms with E-state index in [-0.39, 0.29) is 11.9 Å². The molecular weight excluding hydrogens is 228 g/mol. The van der Waals surface area contributed by atoms with E-state index in [0.717, 1.165) is 12.8 Å². The van der Waals surface area contributed by atoms with Gasteiger partial charge in [0.25, 0.3) is 0 Å². The van der Waals surface area contributed by atoms with Gasteiger partial charge >= 0.3 is 0 Å².